The van der Waals surface area contributed by atoms with E-state index in [2.05, 4.69) is 0 Å². The number of carbonyl (C=O) groups excluding carboxylic acids is 1. The van der Waals surface area contributed by atoms with Gasteiger partial charge < -0.3 is 10.0 Å². The second-order valence-electron chi connectivity index (χ2n) is 5.07. The molecule has 4 nitrogen and oxygen atoms in total. The molecule has 4 heteroatoms. The Hall–Kier alpha value is -0.610. The van der Waals surface area contributed by atoms with Crippen molar-refractivity contribution in [3.8, 4) is 0 Å². The van der Waals surface area contributed by atoms with Crippen molar-refractivity contribution in [3.05, 3.63) is 0 Å². The molecule has 0 aliphatic rings. The SMILES string of the molecule is CC(C)N(C)CC(=O)N(C)CC(C)(C)O. The lowest BCUT2D eigenvalue weighted by Gasteiger charge is -2.28. The first kappa shape index (κ1) is 14.4. The number of aliphatic hydroxyl groups is 1. The van der Waals surface area contributed by atoms with Crippen LogP contribution in [0.1, 0.15) is 27.7 Å². The van der Waals surface area contributed by atoms with Crippen molar-refractivity contribution in [3.63, 3.8) is 0 Å². The highest BCUT2D eigenvalue weighted by Gasteiger charge is 2.20. The number of nitrogens with zero attached hydrogens (tertiary/aromatic N) is 2. The maximum atomic E-state index is 11.7. The molecule has 1 N–H and O–H groups in total. The molecule has 0 aliphatic heterocycles. The standard InChI is InChI=1S/C11H24N2O2/c1-9(2)12(5)7-10(14)13(6)8-11(3,4)15/h9,15H,7-8H2,1-6H3. The molecule has 0 aliphatic carbocycles. The third-order valence-corrected chi connectivity index (χ3v) is 2.32. The molecule has 0 fully saturated rings. The number of carbonyl (C=O) groups is 1. The van der Waals surface area contributed by atoms with Crippen molar-refractivity contribution >= 4 is 5.91 Å². The molecular formula is C11H24N2O2. The largest absolute Gasteiger partial charge is 0.389 e. The highest BCUT2D eigenvalue weighted by Crippen LogP contribution is 2.04. The average molecular weight is 216 g/mol. The summed E-state index contributed by atoms with van der Waals surface area (Å²) in [5.74, 6) is 0.0355. The normalized spacial score (nSPS) is 12.3. The Kier molecular flexibility index (Phi) is 5.24. The summed E-state index contributed by atoms with van der Waals surface area (Å²) in [6, 6.07) is 0.351. The van der Waals surface area contributed by atoms with E-state index in [0.717, 1.165) is 0 Å². The molecule has 15 heavy (non-hydrogen) atoms. The van der Waals surface area contributed by atoms with Gasteiger partial charge >= 0.3 is 0 Å². The minimum atomic E-state index is -0.833. The van der Waals surface area contributed by atoms with Crippen LogP contribution in [-0.2, 0) is 4.79 Å². The third-order valence-electron chi connectivity index (χ3n) is 2.32. The highest BCUT2D eigenvalue weighted by atomic mass is 16.3. The van der Waals surface area contributed by atoms with Gasteiger partial charge in [0.1, 0.15) is 0 Å². The van der Waals surface area contributed by atoms with Crippen molar-refractivity contribution in [2.45, 2.75) is 39.3 Å². The topological polar surface area (TPSA) is 43.8 Å². The molecule has 0 aromatic rings. The summed E-state index contributed by atoms with van der Waals surface area (Å²) >= 11 is 0. The Labute approximate surface area is 92.9 Å². The third kappa shape index (κ3) is 6.47. The Morgan fingerprint density at radius 1 is 1.33 bits per heavy atom. The molecule has 0 saturated heterocycles. The van der Waals surface area contributed by atoms with Gasteiger partial charge in [0.25, 0.3) is 0 Å². The van der Waals surface area contributed by atoms with Crippen LogP contribution in [0.3, 0.4) is 0 Å². The lowest BCUT2D eigenvalue weighted by molar-refractivity contribution is -0.133. The Morgan fingerprint density at radius 3 is 2.13 bits per heavy atom. The maximum absolute atomic E-state index is 11.7. The van der Waals surface area contributed by atoms with Crippen LogP contribution in [0, 0.1) is 0 Å². The lowest BCUT2D eigenvalue weighted by Crippen LogP contribution is -2.44. The van der Waals surface area contributed by atoms with E-state index in [4.69, 9.17) is 0 Å². The smallest absolute Gasteiger partial charge is 0.236 e. The summed E-state index contributed by atoms with van der Waals surface area (Å²) < 4.78 is 0. The van der Waals surface area contributed by atoms with Crippen molar-refractivity contribution in [1.29, 1.82) is 0 Å². The van der Waals surface area contributed by atoms with Gasteiger partial charge in [0.2, 0.25) is 5.91 Å². The van der Waals surface area contributed by atoms with Gasteiger partial charge in [-0.15, -0.1) is 0 Å². The van der Waals surface area contributed by atoms with Gasteiger partial charge in [0.15, 0.2) is 0 Å². The van der Waals surface area contributed by atoms with E-state index in [1.807, 2.05) is 25.8 Å². The first-order chi connectivity index (χ1) is 6.63. The van der Waals surface area contributed by atoms with Crippen LogP contribution >= 0.6 is 0 Å². The molecule has 0 saturated carbocycles. The van der Waals surface area contributed by atoms with Crippen LogP contribution in [0.4, 0.5) is 0 Å². The zero-order valence-corrected chi connectivity index (χ0v) is 10.7. The van der Waals surface area contributed by atoms with Crippen LogP contribution in [0.5, 0.6) is 0 Å². The molecule has 0 aromatic heterocycles. The van der Waals surface area contributed by atoms with Gasteiger partial charge in [-0.3, -0.25) is 9.69 Å². The maximum Gasteiger partial charge on any atom is 0.236 e. The molecular weight excluding hydrogens is 192 g/mol. The second-order valence-corrected chi connectivity index (χ2v) is 5.07. The molecule has 0 unspecified atom stereocenters. The fourth-order valence-corrected chi connectivity index (χ4v) is 1.19. The molecule has 0 heterocycles. The Bertz CT molecular complexity index is 209. The lowest BCUT2D eigenvalue weighted by atomic mass is 10.1. The minimum Gasteiger partial charge on any atom is -0.389 e. The van der Waals surface area contributed by atoms with Gasteiger partial charge in [-0.2, -0.15) is 0 Å². The van der Waals surface area contributed by atoms with Crippen molar-refractivity contribution in [1.82, 2.24) is 9.80 Å². The Balaban J connectivity index is 4.11. The molecule has 0 aromatic carbocycles. The van der Waals surface area contributed by atoms with Gasteiger partial charge in [-0.05, 0) is 34.7 Å². The van der Waals surface area contributed by atoms with E-state index in [1.54, 1.807) is 25.8 Å². The van der Waals surface area contributed by atoms with E-state index >= 15 is 0 Å². The Morgan fingerprint density at radius 2 is 1.80 bits per heavy atom. The predicted octanol–water partition coefficient (Wildman–Crippen LogP) is 0.556. The van der Waals surface area contributed by atoms with Crippen molar-refractivity contribution < 1.29 is 9.90 Å². The number of likely N-dealkylation sites (N-methyl/N-ethyl adjacent to an activating group) is 2. The van der Waals surface area contributed by atoms with E-state index in [-0.39, 0.29) is 5.91 Å². The number of rotatable bonds is 5. The zero-order valence-electron chi connectivity index (χ0n) is 10.7. The first-order valence-corrected chi connectivity index (χ1v) is 5.30. The van der Waals surface area contributed by atoms with Gasteiger partial charge in [0.05, 0.1) is 12.1 Å². The molecule has 0 spiro atoms. The molecule has 90 valence electrons. The summed E-state index contributed by atoms with van der Waals surface area (Å²) in [6.45, 7) is 8.24. The van der Waals surface area contributed by atoms with Crippen LogP contribution in [-0.4, -0.2) is 59.6 Å². The van der Waals surface area contributed by atoms with Crippen molar-refractivity contribution in [2.24, 2.45) is 0 Å². The molecule has 0 bridgehead atoms. The molecule has 1 amide bonds. The van der Waals surface area contributed by atoms with E-state index in [1.165, 1.54) is 0 Å². The van der Waals surface area contributed by atoms with E-state index in [9.17, 15) is 9.90 Å². The summed E-state index contributed by atoms with van der Waals surface area (Å²) in [5, 5.41) is 9.57. The zero-order chi connectivity index (χ0) is 12.2. The van der Waals surface area contributed by atoms with E-state index < -0.39 is 5.60 Å². The van der Waals surface area contributed by atoms with Gasteiger partial charge in [-0.1, -0.05) is 0 Å². The molecule has 0 radical (unpaired) electrons. The molecule has 0 rings (SSSR count). The first-order valence-electron chi connectivity index (χ1n) is 5.30. The predicted molar refractivity (Wildman–Crippen MR) is 61.7 cm³/mol. The van der Waals surface area contributed by atoms with Crippen molar-refractivity contribution in [2.75, 3.05) is 27.2 Å². The van der Waals surface area contributed by atoms with Crippen LogP contribution in [0.25, 0.3) is 0 Å². The number of amides is 1. The fourth-order valence-electron chi connectivity index (χ4n) is 1.19. The second kappa shape index (κ2) is 5.47. The highest BCUT2D eigenvalue weighted by molar-refractivity contribution is 5.78. The van der Waals surface area contributed by atoms with Crippen LogP contribution < -0.4 is 0 Å². The van der Waals surface area contributed by atoms with Gasteiger partial charge in [-0.25, -0.2) is 0 Å². The quantitative estimate of drug-likeness (QED) is 0.730. The van der Waals surface area contributed by atoms with E-state index in [0.29, 0.717) is 19.1 Å². The molecule has 0 atom stereocenters. The van der Waals surface area contributed by atoms with Crippen LogP contribution in [0.15, 0.2) is 0 Å². The summed E-state index contributed by atoms with van der Waals surface area (Å²) in [7, 11) is 3.63. The summed E-state index contributed by atoms with van der Waals surface area (Å²) in [5.41, 5.74) is -0.833. The minimum absolute atomic E-state index is 0.0355. The number of hydrogen-bond donors (Lipinski definition) is 1. The van der Waals surface area contributed by atoms with Gasteiger partial charge in [0, 0.05) is 19.6 Å². The fraction of sp³-hybridized carbons (Fsp3) is 0.909. The summed E-state index contributed by atoms with van der Waals surface area (Å²) in [4.78, 5) is 15.3. The summed E-state index contributed by atoms with van der Waals surface area (Å²) in [6.07, 6.45) is 0. The monoisotopic (exact) mass is 216 g/mol. The van der Waals surface area contributed by atoms with Crippen LogP contribution in [0.2, 0.25) is 0 Å². The number of hydrogen-bond acceptors (Lipinski definition) is 3. The average Bonchev–Trinajstić information content (AvgIpc) is 2.00.